The summed E-state index contributed by atoms with van der Waals surface area (Å²) >= 11 is 0. The molecule has 0 radical (unpaired) electrons. The summed E-state index contributed by atoms with van der Waals surface area (Å²) in [5.41, 5.74) is 0.623. The Kier molecular flexibility index (Phi) is 3.78. The lowest BCUT2D eigenvalue weighted by molar-refractivity contribution is 0.374. The second-order valence-electron chi connectivity index (χ2n) is 5.49. The van der Waals surface area contributed by atoms with Crippen LogP contribution in [0.3, 0.4) is 0 Å². The Labute approximate surface area is 118 Å². The first kappa shape index (κ1) is 13.2. The molecule has 0 aliphatic heterocycles. The molecule has 5 nitrogen and oxygen atoms in total. The van der Waals surface area contributed by atoms with Crippen molar-refractivity contribution in [3.8, 4) is 0 Å². The van der Waals surface area contributed by atoms with Crippen LogP contribution >= 0.6 is 0 Å². The average Bonchev–Trinajstić information content (AvgIpc) is 3.30. The molecule has 1 aromatic carbocycles. The van der Waals surface area contributed by atoms with Gasteiger partial charge in [0.15, 0.2) is 0 Å². The van der Waals surface area contributed by atoms with Crippen LogP contribution in [-0.2, 0) is 6.54 Å². The number of rotatable bonds is 6. The number of fused-ring (bicyclic) bond motifs is 1. The first-order valence-electron chi connectivity index (χ1n) is 7.35. The minimum absolute atomic E-state index is 0.0421. The van der Waals surface area contributed by atoms with Gasteiger partial charge in [0, 0.05) is 6.04 Å². The van der Waals surface area contributed by atoms with Gasteiger partial charge in [0.2, 0.25) is 0 Å². The lowest BCUT2D eigenvalue weighted by atomic mass is 10.2. The van der Waals surface area contributed by atoms with E-state index in [4.69, 9.17) is 0 Å². The van der Waals surface area contributed by atoms with Crippen LogP contribution in [0.5, 0.6) is 0 Å². The number of nitrogens with one attached hydrogen (secondary N) is 1. The summed E-state index contributed by atoms with van der Waals surface area (Å²) in [6.45, 7) is 3.75. The lowest BCUT2D eigenvalue weighted by Gasteiger charge is -2.18. The zero-order valence-corrected chi connectivity index (χ0v) is 11.7. The summed E-state index contributed by atoms with van der Waals surface area (Å²) < 4.78 is 1.51. The van der Waals surface area contributed by atoms with Gasteiger partial charge < -0.3 is 5.32 Å². The minimum Gasteiger partial charge on any atom is -0.312 e. The molecular formula is C15H20N4O. The smallest absolute Gasteiger partial charge is 0.277 e. The van der Waals surface area contributed by atoms with Gasteiger partial charge in [-0.05, 0) is 43.9 Å². The molecule has 1 aliphatic rings. The van der Waals surface area contributed by atoms with Crippen molar-refractivity contribution in [3.05, 3.63) is 34.6 Å². The van der Waals surface area contributed by atoms with Gasteiger partial charge in [0.25, 0.3) is 5.56 Å². The van der Waals surface area contributed by atoms with Crippen molar-refractivity contribution in [2.24, 2.45) is 5.92 Å². The highest BCUT2D eigenvalue weighted by Gasteiger charge is 2.31. The van der Waals surface area contributed by atoms with Gasteiger partial charge in [0.1, 0.15) is 5.52 Å². The molecule has 1 aromatic heterocycles. The van der Waals surface area contributed by atoms with E-state index >= 15 is 0 Å². The topological polar surface area (TPSA) is 59.8 Å². The van der Waals surface area contributed by atoms with E-state index in [-0.39, 0.29) is 5.56 Å². The van der Waals surface area contributed by atoms with Crippen molar-refractivity contribution in [3.63, 3.8) is 0 Å². The van der Waals surface area contributed by atoms with Crippen molar-refractivity contribution in [2.45, 2.75) is 38.8 Å². The van der Waals surface area contributed by atoms with Gasteiger partial charge in [-0.25, -0.2) is 4.68 Å². The van der Waals surface area contributed by atoms with Crippen LogP contribution in [0, 0.1) is 5.92 Å². The van der Waals surface area contributed by atoms with E-state index in [0.717, 1.165) is 13.0 Å². The number of aromatic nitrogens is 3. The number of hydrogen-bond acceptors (Lipinski definition) is 4. The normalized spacial score (nSPS) is 16.4. The summed E-state index contributed by atoms with van der Waals surface area (Å²) in [5.74, 6) is 0.682. The van der Waals surface area contributed by atoms with Crippen LogP contribution in [0.15, 0.2) is 29.1 Å². The Morgan fingerprint density at radius 1 is 1.40 bits per heavy atom. The van der Waals surface area contributed by atoms with E-state index in [1.165, 1.54) is 17.5 Å². The van der Waals surface area contributed by atoms with E-state index in [1.54, 1.807) is 0 Å². The largest absolute Gasteiger partial charge is 0.312 e. The second-order valence-corrected chi connectivity index (χ2v) is 5.49. The van der Waals surface area contributed by atoms with Gasteiger partial charge in [0.05, 0.1) is 11.9 Å². The van der Waals surface area contributed by atoms with E-state index in [0.29, 0.717) is 29.4 Å². The van der Waals surface area contributed by atoms with Crippen molar-refractivity contribution < 1.29 is 0 Å². The monoisotopic (exact) mass is 272 g/mol. The minimum atomic E-state index is -0.0421. The van der Waals surface area contributed by atoms with Gasteiger partial charge >= 0.3 is 0 Å². The Balaban J connectivity index is 1.85. The molecule has 0 saturated heterocycles. The summed E-state index contributed by atoms with van der Waals surface area (Å²) in [7, 11) is 0. The molecule has 1 unspecified atom stereocenters. The maximum atomic E-state index is 12.4. The molecule has 1 N–H and O–H groups in total. The molecule has 5 heteroatoms. The third kappa shape index (κ3) is 2.72. The van der Waals surface area contributed by atoms with Crippen molar-refractivity contribution in [1.29, 1.82) is 0 Å². The molecular weight excluding hydrogens is 252 g/mol. The van der Waals surface area contributed by atoms with Crippen LogP contribution in [0.1, 0.15) is 26.2 Å². The van der Waals surface area contributed by atoms with Crippen LogP contribution in [-0.4, -0.2) is 27.6 Å². The molecule has 1 atom stereocenters. The molecule has 0 amide bonds. The number of benzene rings is 1. The van der Waals surface area contributed by atoms with Crippen molar-refractivity contribution in [1.82, 2.24) is 20.3 Å². The third-order valence-electron chi connectivity index (χ3n) is 3.85. The molecule has 1 aliphatic carbocycles. The van der Waals surface area contributed by atoms with E-state index < -0.39 is 0 Å². The SMILES string of the molecule is CCCNC(Cn1nnc2ccccc2c1=O)C1CC1. The fourth-order valence-corrected chi connectivity index (χ4v) is 2.54. The van der Waals surface area contributed by atoms with Crippen LogP contribution in [0.25, 0.3) is 10.9 Å². The highest BCUT2D eigenvalue weighted by atomic mass is 16.1. The Morgan fingerprint density at radius 2 is 2.20 bits per heavy atom. The van der Waals surface area contributed by atoms with E-state index in [1.807, 2.05) is 24.3 Å². The molecule has 1 fully saturated rings. The Morgan fingerprint density at radius 3 is 2.95 bits per heavy atom. The summed E-state index contributed by atoms with van der Waals surface area (Å²) in [6, 6.07) is 7.71. The molecule has 1 heterocycles. The van der Waals surface area contributed by atoms with E-state index in [9.17, 15) is 4.79 Å². The van der Waals surface area contributed by atoms with Crippen molar-refractivity contribution >= 4 is 10.9 Å². The third-order valence-corrected chi connectivity index (χ3v) is 3.85. The molecule has 106 valence electrons. The highest BCUT2D eigenvalue weighted by Crippen LogP contribution is 2.33. The Hall–Kier alpha value is -1.75. The molecule has 1 saturated carbocycles. The fraction of sp³-hybridized carbons (Fsp3) is 0.533. The maximum absolute atomic E-state index is 12.4. The fourth-order valence-electron chi connectivity index (χ4n) is 2.54. The summed E-state index contributed by atoms with van der Waals surface area (Å²) in [5, 5.41) is 12.4. The first-order valence-corrected chi connectivity index (χ1v) is 7.35. The highest BCUT2D eigenvalue weighted by molar-refractivity contribution is 5.76. The maximum Gasteiger partial charge on any atom is 0.277 e. The zero-order chi connectivity index (χ0) is 13.9. The lowest BCUT2D eigenvalue weighted by Crippen LogP contribution is -2.39. The second kappa shape index (κ2) is 5.71. The van der Waals surface area contributed by atoms with Crippen molar-refractivity contribution in [2.75, 3.05) is 6.54 Å². The molecule has 2 aromatic rings. The van der Waals surface area contributed by atoms with Crippen LogP contribution in [0.2, 0.25) is 0 Å². The summed E-state index contributed by atoms with van der Waals surface area (Å²) in [4.78, 5) is 12.4. The van der Waals surface area contributed by atoms with Gasteiger partial charge in [-0.2, -0.15) is 0 Å². The van der Waals surface area contributed by atoms with Gasteiger partial charge in [-0.3, -0.25) is 4.79 Å². The Bertz CT molecular complexity index is 648. The zero-order valence-electron chi connectivity index (χ0n) is 11.7. The van der Waals surface area contributed by atoms with Gasteiger partial charge in [-0.15, -0.1) is 5.10 Å². The predicted octanol–water partition coefficient (Wildman–Crippen LogP) is 1.57. The molecule has 20 heavy (non-hydrogen) atoms. The summed E-state index contributed by atoms with van der Waals surface area (Å²) in [6.07, 6.45) is 3.59. The quantitative estimate of drug-likeness (QED) is 0.867. The molecule has 0 spiro atoms. The van der Waals surface area contributed by atoms with E-state index in [2.05, 4.69) is 22.6 Å². The van der Waals surface area contributed by atoms with Crippen LogP contribution in [0.4, 0.5) is 0 Å². The number of nitrogens with zero attached hydrogens (tertiary/aromatic N) is 3. The number of hydrogen-bond donors (Lipinski definition) is 1. The first-order chi connectivity index (χ1) is 9.79. The average molecular weight is 272 g/mol. The van der Waals surface area contributed by atoms with Gasteiger partial charge in [-0.1, -0.05) is 24.3 Å². The molecule has 0 bridgehead atoms. The van der Waals surface area contributed by atoms with Crippen LogP contribution < -0.4 is 10.9 Å². The predicted molar refractivity (Wildman–Crippen MR) is 78.6 cm³/mol. The molecule has 3 rings (SSSR count). The standard InChI is InChI=1S/C15H20N4O/c1-2-9-16-14(11-7-8-11)10-19-15(20)12-5-3-4-6-13(12)17-18-19/h3-6,11,14,16H,2,7-10H2,1H3.